The second-order valence-corrected chi connectivity index (χ2v) is 9.72. The molecule has 1 N–H and O–H groups in total. The quantitative estimate of drug-likeness (QED) is 0.666. The molecule has 1 heterocycles. The van der Waals surface area contributed by atoms with Crippen molar-refractivity contribution in [3.05, 3.63) is 59.4 Å². The van der Waals surface area contributed by atoms with Crippen LogP contribution in [0.1, 0.15) is 49.8 Å². The van der Waals surface area contributed by atoms with Crippen molar-refractivity contribution in [2.75, 3.05) is 20.2 Å². The minimum absolute atomic E-state index is 0.176. The number of piperidine rings is 1. The number of ether oxygens (including phenoxy) is 1. The van der Waals surface area contributed by atoms with E-state index in [1.165, 1.54) is 23.5 Å². The Morgan fingerprint density at radius 2 is 1.81 bits per heavy atom. The Morgan fingerprint density at radius 1 is 1.13 bits per heavy atom. The molecule has 31 heavy (non-hydrogen) atoms. The van der Waals surface area contributed by atoms with Crippen LogP contribution < -0.4 is 10.1 Å². The monoisotopic (exact) mass is 448 g/mol. The summed E-state index contributed by atoms with van der Waals surface area (Å²) in [5.74, 6) is 0.0499. The van der Waals surface area contributed by atoms with Gasteiger partial charge < -0.3 is 10.1 Å². The number of nitrogens with one attached hydrogen (secondary N) is 1. The molecule has 1 saturated heterocycles. The second-order valence-electron chi connectivity index (χ2n) is 7.78. The van der Waals surface area contributed by atoms with Gasteiger partial charge in [-0.2, -0.15) is 4.31 Å². The molecule has 0 saturated carbocycles. The van der Waals surface area contributed by atoms with Crippen LogP contribution in [0, 0.1) is 5.82 Å². The highest BCUT2D eigenvalue weighted by atomic mass is 32.2. The third-order valence-corrected chi connectivity index (χ3v) is 7.47. The molecule has 3 rings (SSSR count). The van der Waals surface area contributed by atoms with Crippen molar-refractivity contribution in [1.29, 1.82) is 0 Å². The third kappa shape index (κ3) is 5.83. The van der Waals surface area contributed by atoms with E-state index in [4.69, 9.17) is 4.74 Å². The van der Waals surface area contributed by atoms with Crippen molar-refractivity contribution in [3.8, 4) is 5.75 Å². The maximum Gasteiger partial charge on any atom is 0.243 e. The average Bonchev–Trinajstić information content (AvgIpc) is 2.78. The minimum atomic E-state index is -3.56. The number of carbonyl (C=O) groups is 1. The number of amides is 1. The number of halogens is 1. The number of benzene rings is 2. The smallest absolute Gasteiger partial charge is 0.243 e. The predicted octanol–water partition coefficient (Wildman–Crippen LogP) is 3.82. The first-order chi connectivity index (χ1) is 14.8. The van der Waals surface area contributed by atoms with Crippen LogP contribution in [0.5, 0.6) is 5.75 Å². The Balaban J connectivity index is 1.68. The van der Waals surface area contributed by atoms with Gasteiger partial charge in [0.05, 0.1) is 18.0 Å². The molecule has 1 amide bonds. The summed E-state index contributed by atoms with van der Waals surface area (Å²) in [6.07, 6.45) is 3.30. The molecule has 1 fully saturated rings. The molecule has 0 aromatic heterocycles. The van der Waals surface area contributed by atoms with Crippen LogP contribution in [0.3, 0.4) is 0 Å². The number of methoxy groups -OCH3 is 1. The van der Waals surface area contributed by atoms with E-state index in [-0.39, 0.29) is 29.1 Å². The van der Waals surface area contributed by atoms with Gasteiger partial charge in [0.25, 0.3) is 0 Å². The van der Waals surface area contributed by atoms with Crippen LogP contribution in [0.2, 0.25) is 0 Å². The molecule has 0 bridgehead atoms. The lowest BCUT2D eigenvalue weighted by Crippen LogP contribution is -2.35. The largest absolute Gasteiger partial charge is 0.496 e. The second kappa shape index (κ2) is 10.2. The van der Waals surface area contributed by atoms with Crippen LogP contribution >= 0.6 is 0 Å². The van der Waals surface area contributed by atoms with Gasteiger partial charge in [-0.25, -0.2) is 12.8 Å². The van der Waals surface area contributed by atoms with E-state index in [2.05, 4.69) is 5.32 Å². The highest BCUT2D eigenvalue weighted by Gasteiger charge is 2.26. The summed E-state index contributed by atoms with van der Waals surface area (Å²) in [5.41, 5.74) is 1.48. The summed E-state index contributed by atoms with van der Waals surface area (Å²) in [7, 11) is -2.04. The molecule has 1 unspecified atom stereocenters. The van der Waals surface area contributed by atoms with Crippen LogP contribution in [-0.2, 0) is 21.2 Å². The van der Waals surface area contributed by atoms with Crippen molar-refractivity contribution in [2.24, 2.45) is 0 Å². The fraction of sp³-hybridized carbons (Fsp3) is 0.435. The van der Waals surface area contributed by atoms with Crippen molar-refractivity contribution in [2.45, 2.75) is 50.0 Å². The zero-order chi connectivity index (χ0) is 22.4. The Bertz CT molecular complexity index is 1000. The van der Waals surface area contributed by atoms with E-state index >= 15 is 0 Å². The Labute approximate surface area is 183 Å². The van der Waals surface area contributed by atoms with E-state index < -0.39 is 10.0 Å². The van der Waals surface area contributed by atoms with Crippen molar-refractivity contribution < 1.29 is 22.3 Å². The lowest BCUT2D eigenvalue weighted by atomic mass is 10.1. The van der Waals surface area contributed by atoms with E-state index in [0.29, 0.717) is 30.8 Å². The number of carbonyl (C=O) groups excluding carboxylic acids is 1. The molecule has 1 aliphatic rings. The summed E-state index contributed by atoms with van der Waals surface area (Å²) in [4.78, 5) is 12.7. The standard InChI is InChI=1S/C23H29FN2O4S/c1-17(18-6-9-20(24)10-7-18)25-23(27)13-8-19-16-21(11-12-22(19)30-2)31(28,29)26-14-4-3-5-15-26/h6-7,9-12,16-17H,3-5,8,13-15H2,1-2H3,(H,25,27). The number of aryl methyl sites for hydroxylation is 1. The van der Waals surface area contributed by atoms with Gasteiger partial charge in [-0.3, -0.25) is 4.79 Å². The Kier molecular flexibility index (Phi) is 7.67. The molecule has 0 spiro atoms. The van der Waals surface area contributed by atoms with Crippen LogP contribution in [0.15, 0.2) is 47.4 Å². The van der Waals surface area contributed by atoms with Crippen LogP contribution in [0.4, 0.5) is 4.39 Å². The van der Waals surface area contributed by atoms with Gasteiger partial charge in [-0.15, -0.1) is 0 Å². The number of sulfonamides is 1. The van der Waals surface area contributed by atoms with Crippen molar-refractivity contribution >= 4 is 15.9 Å². The predicted molar refractivity (Wildman–Crippen MR) is 117 cm³/mol. The van der Waals surface area contributed by atoms with Gasteiger partial charge in [0.15, 0.2) is 0 Å². The fourth-order valence-electron chi connectivity index (χ4n) is 3.76. The SMILES string of the molecule is COc1ccc(S(=O)(=O)N2CCCCC2)cc1CCC(=O)NC(C)c1ccc(F)cc1. The first-order valence-electron chi connectivity index (χ1n) is 10.5. The summed E-state index contributed by atoms with van der Waals surface area (Å²) in [6.45, 7) is 2.90. The average molecular weight is 449 g/mol. The van der Waals surface area contributed by atoms with Crippen molar-refractivity contribution in [1.82, 2.24) is 9.62 Å². The highest BCUT2D eigenvalue weighted by Crippen LogP contribution is 2.27. The molecule has 168 valence electrons. The van der Waals surface area contributed by atoms with Gasteiger partial charge in [0.1, 0.15) is 11.6 Å². The van der Waals surface area contributed by atoms with Gasteiger partial charge in [0.2, 0.25) is 15.9 Å². The lowest BCUT2D eigenvalue weighted by Gasteiger charge is -2.26. The molecule has 1 aliphatic heterocycles. The first-order valence-corrected chi connectivity index (χ1v) is 12.0. The number of rotatable bonds is 8. The number of nitrogens with zero attached hydrogens (tertiary/aromatic N) is 1. The summed E-state index contributed by atoms with van der Waals surface area (Å²) >= 11 is 0. The first kappa shape index (κ1) is 23.2. The minimum Gasteiger partial charge on any atom is -0.496 e. The van der Waals surface area contributed by atoms with Gasteiger partial charge in [0, 0.05) is 19.5 Å². The van der Waals surface area contributed by atoms with Gasteiger partial charge in [-0.1, -0.05) is 18.6 Å². The maximum atomic E-state index is 13.1. The number of hydrogen-bond acceptors (Lipinski definition) is 4. The maximum absolute atomic E-state index is 13.1. The van der Waals surface area contributed by atoms with E-state index in [1.807, 2.05) is 6.92 Å². The third-order valence-electron chi connectivity index (χ3n) is 5.57. The molecule has 1 atom stereocenters. The van der Waals surface area contributed by atoms with Crippen molar-refractivity contribution in [3.63, 3.8) is 0 Å². The van der Waals surface area contributed by atoms with Crippen LogP contribution in [-0.4, -0.2) is 38.8 Å². The zero-order valence-electron chi connectivity index (χ0n) is 17.9. The summed E-state index contributed by atoms with van der Waals surface area (Å²) in [5, 5.41) is 2.89. The van der Waals surface area contributed by atoms with Gasteiger partial charge >= 0.3 is 0 Å². The molecule has 8 heteroatoms. The zero-order valence-corrected chi connectivity index (χ0v) is 18.8. The van der Waals surface area contributed by atoms with E-state index in [9.17, 15) is 17.6 Å². The van der Waals surface area contributed by atoms with E-state index in [1.54, 1.807) is 30.3 Å². The molecular formula is C23H29FN2O4S. The Hall–Kier alpha value is -2.45. The normalized spacial score (nSPS) is 16.0. The van der Waals surface area contributed by atoms with E-state index in [0.717, 1.165) is 24.8 Å². The fourth-order valence-corrected chi connectivity index (χ4v) is 5.33. The summed E-state index contributed by atoms with van der Waals surface area (Å²) in [6, 6.07) is 10.5. The molecule has 2 aromatic rings. The molecule has 2 aromatic carbocycles. The van der Waals surface area contributed by atoms with Crippen LogP contribution in [0.25, 0.3) is 0 Å². The molecule has 0 aliphatic carbocycles. The highest BCUT2D eigenvalue weighted by molar-refractivity contribution is 7.89. The molecular weight excluding hydrogens is 419 g/mol. The summed E-state index contributed by atoms with van der Waals surface area (Å²) < 4.78 is 46.0. The topological polar surface area (TPSA) is 75.7 Å². The molecule has 6 nitrogen and oxygen atoms in total. The lowest BCUT2D eigenvalue weighted by molar-refractivity contribution is -0.121. The number of hydrogen-bond donors (Lipinski definition) is 1. The molecule has 0 radical (unpaired) electrons. The Morgan fingerprint density at radius 3 is 2.45 bits per heavy atom. The van der Waals surface area contributed by atoms with Gasteiger partial charge in [-0.05, 0) is 67.6 Å².